The Morgan fingerprint density at radius 2 is 1.85 bits per heavy atom. The van der Waals surface area contributed by atoms with Crippen LogP contribution >= 0.6 is 0 Å². The van der Waals surface area contributed by atoms with Gasteiger partial charge in [-0.15, -0.1) is 0 Å². The predicted octanol–water partition coefficient (Wildman–Crippen LogP) is 3.16. The smallest absolute Gasteiger partial charge is 0.248 e. The third-order valence-corrected chi connectivity index (χ3v) is 8.28. The summed E-state index contributed by atoms with van der Waals surface area (Å²) in [4.78, 5) is 4.88. The van der Waals surface area contributed by atoms with Crippen molar-refractivity contribution in [3.05, 3.63) is 29.2 Å². The van der Waals surface area contributed by atoms with E-state index in [0.717, 1.165) is 19.4 Å². The summed E-state index contributed by atoms with van der Waals surface area (Å²) >= 11 is 0. The van der Waals surface area contributed by atoms with E-state index in [-0.39, 0.29) is 4.90 Å². The fourth-order valence-electron chi connectivity index (χ4n) is 4.27. The zero-order valence-electron chi connectivity index (χ0n) is 16.3. The first-order valence-corrected chi connectivity index (χ1v) is 11.3. The van der Waals surface area contributed by atoms with Crippen molar-refractivity contribution in [1.29, 1.82) is 0 Å². The molecule has 0 unspecified atom stereocenters. The van der Waals surface area contributed by atoms with Crippen LogP contribution in [0.3, 0.4) is 0 Å². The van der Waals surface area contributed by atoms with Crippen molar-refractivity contribution < 1.29 is 12.9 Å². The fraction of sp³-hybridized carbons (Fsp3) is 0.684. The lowest BCUT2D eigenvalue weighted by Gasteiger charge is -2.33. The topological polar surface area (TPSA) is 81.2 Å². The molecule has 0 aromatic carbocycles. The number of aryl methyl sites for hydroxylation is 3. The Morgan fingerprint density at radius 1 is 1.15 bits per heavy atom. The van der Waals surface area contributed by atoms with Crippen LogP contribution in [0.15, 0.2) is 15.6 Å². The van der Waals surface area contributed by atoms with Gasteiger partial charge in [0.25, 0.3) is 0 Å². The summed E-state index contributed by atoms with van der Waals surface area (Å²) in [6.45, 7) is 7.49. The number of aromatic nitrogens is 3. The Morgan fingerprint density at radius 3 is 2.41 bits per heavy atom. The highest BCUT2D eigenvalue weighted by molar-refractivity contribution is 7.89. The van der Waals surface area contributed by atoms with Crippen LogP contribution in [0.4, 0.5) is 0 Å². The lowest BCUT2D eigenvalue weighted by molar-refractivity contribution is 0.246. The van der Waals surface area contributed by atoms with Gasteiger partial charge in [-0.25, -0.2) is 13.4 Å². The molecule has 148 valence electrons. The molecule has 1 aliphatic carbocycles. The molecule has 0 bridgehead atoms. The van der Waals surface area contributed by atoms with E-state index >= 15 is 0 Å². The van der Waals surface area contributed by atoms with Crippen LogP contribution in [-0.2, 0) is 16.6 Å². The Bertz CT molecular complexity index is 899. The second kappa shape index (κ2) is 7.05. The number of piperidine rings is 1. The van der Waals surface area contributed by atoms with Gasteiger partial charge in [0.1, 0.15) is 16.4 Å². The maximum absolute atomic E-state index is 13.0. The number of imidazole rings is 1. The summed E-state index contributed by atoms with van der Waals surface area (Å²) < 4.78 is 35.0. The van der Waals surface area contributed by atoms with Crippen LogP contribution in [0.25, 0.3) is 0 Å². The molecule has 8 heteroatoms. The van der Waals surface area contributed by atoms with Crippen molar-refractivity contribution in [2.45, 2.75) is 70.2 Å². The zero-order valence-corrected chi connectivity index (χ0v) is 17.1. The number of sulfonamides is 1. The van der Waals surface area contributed by atoms with Gasteiger partial charge in [0.05, 0.1) is 0 Å². The molecule has 1 saturated heterocycles. The van der Waals surface area contributed by atoms with E-state index in [4.69, 9.17) is 4.52 Å². The minimum Gasteiger partial charge on any atom is -0.360 e. The van der Waals surface area contributed by atoms with Crippen molar-refractivity contribution in [2.75, 3.05) is 13.1 Å². The molecule has 7 nitrogen and oxygen atoms in total. The van der Waals surface area contributed by atoms with Gasteiger partial charge >= 0.3 is 0 Å². The van der Waals surface area contributed by atoms with E-state index in [1.54, 1.807) is 18.2 Å². The van der Waals surface area contributed by atoms with Crippen LogP contribution in [0.2, 0.25) is 0 Å². The summed E-state index contributed by atoms with van der Waals surface area (Å²) in [5.41, 5.74) is 1.65. The molecule has 1 saturated carbocycles. The SMILES string of the molecule is Cc1noc(C)c1S(=O)(=O)N1CCC(Cn2c(C)cnc2C2CCC2)CC1. The van der Waals surface area contributed by atoms with Crippen molar-refractivity contribution in [3.8, 4) is 0 Å². The van der Waals surface area contributed by atoms with Crippen LogP contribution in [0, 0.1) is 26.7 Å². The van der Waals surface area contributed by atoms with Gasteiger partial charge in [-0.1, -0.05) is 11.6 Å². The average Bonchev–Trinajstić information content (AvgIpc) is 3.10. The molecule has 2 aromatic heterocycles. The van der Waals surface area contributed by atoms with Gasteiger partial charge in [-0.2, -0.15) is 4.31 Å². The van der Waals surface area contributed by atoms with Gasteiger partial charge < -0.3 is 9.09 Å². The molecule has 1 aliphatic heterocycles. The average molecular weight is 393 g/mol. The largest absolute Gasteiger partial charge is 0.360 e. The molecular weight excluding hydrogens is 364 g/mol. The molecule has 0 N–H and O–H groups in total. The Labute approximate surface area is 160 Å². The Kier molecular flexibility index (Phi) is 4.88. The highest BCUT2D eigenvalue weighted by Gasteiger charge is 2.34. The standard InChI is InChI=1S/C19H28N4O3S/c1-13-11-20-19(17-5-4-6-17)23(13)12-16-7-9-22(10-8-16)27(24,25)18-14(2)21-26-15(18)3/h11,16-17H,4-10,12H2,1-3H3. The molecule has 4 rings (SSSR count). The van der Waals surface area contributed by atoms with Crippen LogP contribution in [0.1, 0.15) is 61.0 Å². The normalized spacial score (nSPS) is 20.1. The molecule has 0 spiro atoms. The lowest BCUT2D eigenvalue weighted by atomic mass is 9.84. The Balaban J connectivity index is 1.43. The highest BCUT2D eigenvalue weighted by Crippen LogP contribution is 2.36. The third kappa shape index (κ3) is 3.33. The van der Waals surface area contributed by atoms with E-state index in [1.807, 2.05) is 6.20 Å². The van der Waals surface area contributed by atoms with Crippen LogP contribution < -0.4 is 0 Å². The van der Waals surface area contributed by atoms with E-state index < -0.39 is 10.0 Å². The summed E-state index contributed by atoms with van der Waals surface area (Å²) in [7, 11) is -3.53. The van der Waals surface area contributed by atoms with Crippen molar-refractivity contribution in [2.24, 2.45) is 5.92 Å². The molecule has 3 heterocycles. The fourth-order valence-corrected chi connectivity index (χ4v) is 6.03. The maximum Gasteiger partial charge on any atom is 0.248 e. The summed E-state index contributed by atoms with van der Waals surface area (Å²) in [5.74, 6) is 2.69. The maximum atomic E-state index is 13.0. The number of hydrogen-bond acceptors (Lipinski definition) is 5. The summed E-state index contributed by atoms with van der Waals surface area (Å²) in [6.07, 6.45) is 7.49. The molecule has 2 aliphatic rings. The number of hydrogen-bond donors (Lipinski definition) is 0. The molecule has 27 heavy (non-hydrogen) atoms. The highest BCUT2D eigenvalue weighted by atomic mass is 32.2. The van der Waals surface area contributed by atoms with Crippen molar-refractivity contribution in [1.82, 2.24) is 19.0 Å². The Hall–Kier alpha value is -1.67. The van der Waals surface area contributed by atoms with E-state index in [9.17, 15) is 8.42 Å². The van der Waals surface area contributed by atoms with Gasteiger partial charge in [0.2, 0.25) is 10.0 Å². The van der Waals surface area contributed by atoms with Crippen molar-refractivity contribution in [3.63, 3.8) is 0 Å². The third-order valence-electron chi connectivity index (χ3n) is 6.14. The van der Waals surface area contributed by atoms with Crippen LogP contribution in [0.5, 0.6) is 0 Å². The molecule has 2 fully saturated rings. The quantitative estimate of drug-likeness (QED) is 0.781. The zero-order chi connectivity index (χ0) is 19.2. The number of nitrogens with zero attached hydrogens (tertiary/aromatic N) is 4. The number of rotatable bonds is 5. The van der Waals surface area contributed by atoms with E-state index in [1.165, 1.54) is 30.8 Å². The van der Waals surface area contributed by atoms with Crippen molar-refractivity contribution >= 4 is 10.0 Å². The first kappa shape index (κ1) is 18.7. The molecule has 2 aromatic rings. The van der Waals surface area contributed by atoms with Gasteiger partial charge in [0.15, 0.2) is 5.76 Å². The lowest BCUT2D eigenvalue weighted by Crippen LogP contribution is -2.39. The molecule has 0 radical (unpaired) electrons. The molecular formula is C19H28N4O3S. The second-order valence-corrected chi connectivity index (χ2v) is 9.87. The van der Waals surface area contributed by atoms with Gasteiger partial charge in [-0.05, 0) is 52.4 Å². The van der Waals surface area contributed by atoms with E-state index in [2.05, 4.69) is 21.6 Å². The first-order valence-electron chi connectivity index (χ1n) is 9.83. The molecule has 0 amide bonds. The second-order valence-electron chi connectivity index (χ2n) is 8.00. The predicted molar refractivity (Wildman–Crippen MR) is 101 cm³/mol. The first-order chi connectivity index (χ1) is 12.9. The van der Waals surface area contributed by atoms with E-state index in [0.29, 0.717) is 36.4 Å². The van der Waals surface area contributed by atoms with Gasteiger partial charge in [-0.3, -0.25) is 0 Å². The minimum atomic E-state index is -3.53. The van der Waals surface area contributed by atoms with Gasteiger partial charge in [0, 0.05) is 37.4 Å². The molecule has 0 atom stereocenters. The van der Waals surface area contributed by atoms with Crippen LogP contribution in [-0.4, -0.2) is 40.5 Å². The summed E-state index contributed by atoms with van der Waals surface area (Å²) in [6, 6.07) is 0. The monoisotopic (exact) mass is 392 g/mol. The summed E-state index contributed by atoms with van der Waals surface area (Å²) in [5, 5.41) is 3.80. The minimum absolute atomic E-state index is 0.235.